The fraction of sp³-hybridized carbons (Fsp3) is 0.429. The standard InChI is InChI=1S/C28H34FN5O2Si/c1-28(2,3)36-27(35)34-12-7-8-21(17-34)20-9-10-23-22(15-20)26(32-18-31-23)33-24-14-19(16-30-25(24)29)11-13-37(4,5)6/h9-10,14-16,18,21H,7-8,12,17H2,1-6H3,(H,31,32,33). The van der Waals surface area contributed by atoms with Gasteiger partial charge in [-0.15, -0.1) is 5.54 Å². The molecule has 1 aliphatic heterocycles. The van der Waals surface area contributed by atoms with E-state index in [4.69, 9.17) is 4.74 Å². The maximum absolute atomic E-state index is 14.6. The Morgan fingerprint density at radius 1 is 1.19 bits per heavy atom. The second-order valence-corrected chi connectivity index (χ2v) is 16.2. The number of halogens is 1. The number of piperidine rings is 1. The number of aromatic nitrogens is 3. The summed E-state index contributed by atoms with van der Waals surface area (Å²) in [6.45, 7) is 13.3. The number of carbonyl (C=O) groups is 1. The molecule has 0 aliphatic carbocycles. The molecule has 194 valence electrons. The van der Waals surface area contributed by atoms with Crippen molar-refractivity contribution in [3.8, 4) is 11.5 Å². The number of anilines is 2. The monoisotopic (exact) mass is 519 g/mol. The van der Waals surface area contributed by atoms with Crippen molar-refractivity contribution in [1.82, 2.24) is 19.9 Å². The Balaban J connectivity index is 1.61. The molecular weight excluding hydrogens is 485 g/mol. The first-order valence-electron chi connectivity index (χ1n) is 12.6. The summed E-state index contributed by atoms with van der Waals surface area (Å²) in [5.74, 6) is 3.14. The highest BCUT2D eigenvalue weighted by atomic mass is 28.3. The van der Waals surface area contributed by atoms with Crippen LogP contribution in [0.4, 0.5) is 20.7 Å². The normalized spacial score (nSPS) is 16.2. The van der Waals surface area contributed by atoms with E-state index in [0.717, 1.165) is 29.3 Å². The van der Waals surface area contributed by atoms with Crippen LogP contribution in [0.3, 0.4) is 0 Å². The molecule has 1 saturated heterocycles. The number of nitrogens with one attached hydrogen (secondary N) is 1. The predicted octanol–water partition coefficient (Wildman–Crippen LogP) is 6.25. The summed E-state index contributed by atoms with van der Waals surface area (Å²) >= 11 is 0. The highest BCUT2D eigenvalue weighted by Crippen LogP contribution is 2.32. The van der Waals surface area contributed by atoms with Gasteiger partial charge >= 0.3 is 6.09 Å². The van der Waals surface area contributed by atoms with Crippen LogP contribution in [0.25, 0.3) is 10.9 Å². The van der Waals surface area contributed by atoms with E-state index in [1.165, 1.54) is 12.5 Å². The fourth-order valence-corrected chi connectivity index (χ4v) is 4.68. The van der Waals surface area contributed by atoms with E-state index in [9.17, 15) is 9.18 Å². The number of hydrogen-bond acceptors (Lipinski definition) is 6. The summed E-state index contributed by atoms with van der Waals surface area (Å²) in [7, 11) is -1.58. The third kappa shape index (κ3) is 7.04. The van der Waals surface area contributed by atoms with Crippen LogP contribution >= 0.6 is 0 Å². The Hall–Kier alpha value is -3.51. The smallest absolute Gasteiger partial charge is 0.410 e. The molecule has 1 aliphatic rings. The molecule has 0 saturated carbocycles. The molecule has 1 atom stereocenters. The average Bonchev–Trinajstić information content (AvgIpc) is 2.83. The van der Waals surface area contributed by atoms with Crippen molar-refractivity contribution in [2.24, 2.45) is 0 Å². The maximum Gasteiger partial charge on any atom is 0.410 e. The molecule has 2 aromatic heterocycles. The van der Waals surface area contributed by atoms with Gasteiger partial charge in [0.1, 0.15) is 25.8 Å². The number of fused-ring (bicyclic) bond motifs is 1. The molecule has 1 aromatic carbocycles. The zero-order valence-corrected chi connectivity index (χ0v) is 23.4. The van der Waals surface area contributed by atoms with Gasteiger partial charge in [-0.2, -0.15) is 4.39 Å². The molecule has 1 N–H and O–H groups in total. The van der Waals surface area contributed by atoms with Crippen molar-refractivity contribution in [3.63, 3.8) is 0 Å². The molecule has 0 spiro atoms. The molecule has 0 bridgehead atoms. The van der Waals surface area contributed by atoms with Crippen LogP contribution in [0.2, 0.25) is 19.6 Å². The minimum atomic E-state index is -1.58. The molecule has 9 heteroatoms. The van der Waals surface area contributed by atoms with Gasteiger partial charge in [-0.1, -0.05) is 31.6 Å². The molecule has 37 heavy (non-hydrogen) atoms. The number of rotatable bonds is 3. The maximum atomic E-state index is 14.6. The molecule has 1 fully saturated rings. The van der Waals surface area contributed by atoms with E-state index in [-0.39, 0.29) is 17.7 Å². The number of benzene rings is 1. The van der Waals surface area contributed by atoms with E-state index >= 15 is 0 Å². The Morgan fingerprint density at radius 3 is 2.70 bits per heavy atom. The van der Waals surface area contributed by atoms with Crippen LogP contribution in [0.1, 0.15) is 50.7 Å². The Kier molecular flexibility index (Phi) is 7.51. The zero-order chi connectivity index (χ0) is 26.8. The number of likely N-dealkylation sites (tertiary alicyclic amines) is 1. The van der Waals surface area contributed by atoms with Crippen LogP contribution in [0, 0.1) is 17.4 Å². The minimum Gasteiger partial charge on any atom is -0.444 e. The quantitative estimate of drug-likeness (QED) is 0.250. The van der Waals surface area contributed by atoms with Crippen molar-refractivity contribution < 1.29 is 13.9 Å². The second-order valence-electron chi connectivity index (χ2n) is 11.5. The summed E-state index contributed by atoms with van der Waals surface area (Å²) < 4.78 is 20.2. The highest BCUT2D eigenvalue weighted by Gasteiger charge is 2.28. The number of pyridine rings is 1. The van der Waals surface area contributed by atoms with Crippen molar-refractivity contribution in [3.05, 3.63) is 53.9 Å². The SMILES string of the molecule is CC(C)(C)OC(=O)N1CCCC(c2ccc3ncnc(Nc4cc(C#C[Si](C)(C)C)cnc4F)c3c2)C1. The van der Waals surface area contributed by atoms with E-state index < -0.39 is 19.6 Å². The number of hydrogen-bond donors (Lipinski definition) is 1. The summed E-state index contributed by atoms with van der Waals surface area (Å²) in [5.41, 5.74) is 5.42. The molecule has 3 aromatic rings. The highest BCUT2D eigenvalue weighted by molar-refractivity contribution is 6.83. The van der Waals surface area contributed by atoms with Crippen molar-refractivity contribution in [1.29, 1.82) is 0 Å². The fourth-order valence-electron chi connectivity index (χ4n) is 4.16. The second kappa shape index (κ2) is 10.5. The lowest BCUT2D eigenvalue weighted by atomic mass is 9.90. The Labute approximate surface area is 218 Å². The number of nitrogens with zero attached hydrogens (tertiary/aromatic N) is 4. The third-order valence-electron chi connectivity index (χ3n) is 5.88. The van der Waals surface area contributed by atoms with Gasteiger partial charge in [0.05, 0.1) is 11.2 Å². The zero-order valence-electron chi connectivity index (χ0n) is 22.4. The molecule has 4 rings (SSSR count). The predicted molar refractivity (Wildman–Crippen MR) is 147 cm³/mol. The van der Waals surface area contributed by atoms with Gasteiger partial charge < -0.3 is 15.0 Å². The van der Waals surface area contributed by atoms with Crippen molar-refractivity contribution >= 4 is 36.6 Å². The molecule has 3 heterocycles. The van der Waals surface area contributed by atoms with Gasteiger partial charge in [0, 0.05) is 36.2 Å². The van der Waals surface area contributed by atoms with E-state index in [1.54, 1.807) is 11.0 Å². The van der Waals surface area contributed by atoms with Gasteiger partial charge in [0.25, 0.3) is 0 Å². The van der Waals surface area contributed by atoms with Crippen LogP contribution in [0.15, 0.2) is 36.8 Å². The lowest BCUT2D eigenvalue weighted by Crippen LogP contribution is -2.42. The molecule has 7 nitrogen and oxygen atoms in total. The molecular formula is C28H34FN5O2Si. The Morgan fingerprint density at radius 2 is 1.97 bits per heavy atom. The summed E-state index contributed by atoms with van der Waals surface area (Å²) in [4.78, 5) is 27.1. The van der Waals surface area contributed by atoms with Gasteiger partial charge in [-0.3, -0.25) is 0 Å². The first kappa shape index (κ1) is 26.5. The molecule has 1 unspecified atom stereocenters. The van der Waals surface area contributed by atoms with Gasteiger partial charge in [-0.05, 0) is 57.4 Å². The molecule has 1 amide bonds. The summed E-state index contributed by atoms with van der Waals surface area (Å²) in [5, 5.41) is 3.88. The number of ether oxygens (including phenoxy) is 1. The van der Waals surface area contributed by atoms with Crippen molar-refractivity contribution in [2.45, 2.75) is 64.8 Å². The van der Waals surface area contributed by atoms with Crippen LogP contribution in [0.5, 0.6) is 0 Å². The topological polar surface area (TPSA) is 80.2 Å². The Bertz CT molecular complexity index is 1370. The van der Waals surface area contributed by atoms with E-state index in [0.29, 0.717) is 24.5 Å². The lowest BCUT2D eigenvalue weighted by molar-refractivity contribution is 0.0198. The van der Waals surface area contributed by atoms with Crippen LogP contribution in [-0.4, -0.2) is 52.7 Å². The minimum absolute atomic E-state index is 0.150. The molecule has 0 radical (unpaired) electrons. The van der Waals surface area contributed by atoms with E-state index in [2.05, 4.69) is 51.4 Å². The largest absolute Gasteiger partial charge is 0.444 e. The van der Waals surface area contributed by atoms with Crippen LogP contribution < -0.4 is 5.32 Å². The van der Waals surface area contributed by atoms with Gasteiger partial charge in [-0.25, -0.2) is 19.7 Å². The van der Waals surface area contributed by atoms with Gasteiger partial charge in [0.15, 0.2) is 0 Å². The van der Waals surface area contributed by atoms with Crippen molar-refractivity contribution in [2.75, 3.05) is 18.4 Å². The lowest BCUT2D eigenvalue weighted by Gasteiger charge is -2.34. The van der Waals surface area contributed by atoms with Gasteiger partial charge in [0.2, 0.25) is 5.95 Å². The van der Waals surface area contributed by atoms with Crippen LogP contribution in [-0.2, 0) is 4.74 Å². The first-order valence-corrected chi connectivity index (χ1v) is 16.1. The summed E-state index contributed by atoms with van der Waals surface area (Å²) in [6.07, 6.45) is 4.46. The average molecular weight is 520 g/mol. The summed E-state index contributed by atoms with van der Waals surface area (Å²) in [6, 6.07) is 7.67. The van der Waals surface area contributed by atoms with E-state index in [1.807, 2.05) is 39.0 Å². The number of amides is 1. The third-order valence-corrected chi connectivity index (χ3v) is 6.75. The number of carbonyl (C=O) groups excluding carboxylic acids is 1. The first-order chi connectivity index (χ1) is 17.4.